The van der Waals surface area contributed by atoms with E-state index in [4.69, 9.17) is 0 Å². The van der Waals surface area contributed by atoms with Crippen molar-refractivity contribution in [3.05, 3.63) is 35.9 Å². The van der Waals surface area contributed by atoms with Crippen molar-refractivity contribution in [2.45, 2.75) is 19.4 Å². The lowest BCUT2D eigenvalue weighted by Crippen LogP contribution is -2.52. The van der Waals surface area contributed by atoms with Crippen molar-refractivity contribution >= 4 is 29.9 Å². The lowest BCUT2D eigenvalue weighted by molar-refractivity contribution is 0.152. The molecule has 0 saturated carbocycles. The maximum Gasteiger partial charge on any atom is 0.193 e. The van der Waals surface area contributed by atoms with Gasteiger partial charge in [-0.05, 0) is 32.0 Å². The Morgan fingerprint density at radius 3 is 2.21 bits per heavy atom. The van der Waals surface area contributed by atoms with Crippen LogP contribution in [0.1, 0.15) is 18.4 Å². The number of aliphatic imine (C=N–C) groups is 1. The number of piperazine rings is 2. The molecule has 1 N–H and O–H groups in total. The van der Waals surface area contributed by atoms with Crippen molar-refractivity contribution in [1.82, 2.24) is 24.9 Å². The second-order valence-corrected chi connectivity index (χ2v) is 8.07. The van der Waals surface area contributed by atoms with Gasteiger partial charge >= 0.3 is 0 Å². The SMILES string of the molecule is CN=C(NCCCCN1CCN(C)CC1)N1CCN(Cc2ccccc2)CC1.I. The van der Waals surface area contributed by atoms with E-state index in [0.29, 0.717) is 0 Å². The predicted octanol–water partition coefficient (Wildman–Crippen LogP) is 2.03. The van der Waals surface area contributed by atoms with Crippen LogP contribution in [0.2, 0.25) is 0 Å². The van der Waals surface area contributed by atoms with Gasteiger partial charge in [-0.25, -0.2) is 0 Å². The van der Waals surface area contributed by atoms with Gasteiger partial charge < -0.3 is 20.0 Å². The first-order chi connectivity index (χ1) is 13.7. The molecule has 0 bridgehead atoms. The Morgan fingerprint density at radius 1 is 0.897 bits per heavy atom. The molecule has 2 heterocycles. The number of unbranched alkanes of at least 4 members (excludes halogenated alkanes) is 1. The maximum absolute atomic E-state index is 4.51. The van der Waals surface area contributed by atoms with Gasteiger partial charge in [-0.1, -0.05) is 30.3 Å². The Bertz CT molecular complexity index is 580. The van der Waals surface area contributed by atoms with Crippen molar-refractivity contribution in [3.63, 3.8) is 0 Å². The average molecular weight is 515 g/mol. The molecule has 6 nitrogen and oxygen atoms in total. The maximum atomic E-state index is 4.51. The van der Waals surface area contributed by atoms with Crippen LogP contribution in [0.4, 0.5) is 0 Å². The fraction of sp³-hybridized carbons (Fsp3) is 0.682. The topological polar surface area (TPSA) is 37.4 Å². The Hall–Kier alpha value is -0.900. The van der Waals surface area contributed by atoms with Crippen LogP contribution in [0.15, 0.2) is 35.3 Å². The first kappa shape index (κ1) is 24.4. The van der Waals surface area contributed by atoms with Gasteiger partial charge in [0.25, 0.3) is 0 Å². The summed E-state index contributed by atoms with van der Waals surface area (Å²) >= 11 is 0. The number of nitrogens with one attached hydrogen (secondary N) is 1. The normalized spacial score (nSPS) is 19.8. The number of halogens is 1. The molecular formula is C22H39IN6. The summed E-state index contributed by atoms with van der Waals surface area (Å²) < 4.78 is 0. The molecule has 1 aromatic carbocycles. The third kappa shape index (κ3) is 8.39. The third-order valence-corrected chi connectivity index (χ3v) is 5.91. The largest absolute Gasteiger partial charge is 0.356 e. The number of hydrogen-bond donors (Lipinski definition) is 1. The van der Waals surface area contributed by atoms with Gasteiger partial charge in [0, 0.05) is 72.5 Å². The lowest BCUT2D eigenvalue weighted by atomic mass is 10.2. The zero-order valence-electron chi connectivity index (χ0n) is 18.2. The Morgan fingerprint density at radius 2 is 1.55 bits per heavy atom. The highest BCUT2D eigenvalue weighted by Crippen LogP contribution is 2.08. The monoisotopic (exact) mass is 514 g/mol. The summed E-state index contributed by atoms with van der Waals surface area (Å²) in [6.45, 7) is 12.4. The zero-order chi connectivity index (χ0) is 19.6. The van der Waals surface area contributed by atoms with Crippen molar-refractivity contribution in [3.8, 4) is 0 Å². The molecule has 2 aliphatic heterocycles. The highest BCUT2D eigenvalue weighted by Gasteiger charge is 2.19. The summed E-state index contributed by atoms with van der Waals surface area (Å²) in [4.78, 5) is 14.5. The fourth-order valence-corrected chi connectivity index (χ4v) is 4.02. The molecule has 0 amide bonds. The molecule has 0 radical (unpaired) electrons. The highest BCUT2D eigenvalue weighted by molar-refractivity contribution is 14.0. The zero-order valence-corrected chi connectivity index (χ0v) is 20.6. The first-order valence-electron chi connectivity index (χ1n) is 10.9. The number of hydrogen-bond acceptors (Lipinski definition) is 4. The Balaban J connectivity index is 0.00000300. The quantitative estimate of drug-likeness (QED) is 0.261. The minimum atomic E-state index is 0. The van der Waals surface area contributed by atoms with E-state index in [-0.39, 0.29) is 24.0 Å². The second kappa shape index (κ2) is 13.4. The molecule has 2 aliphatic rings. The van der Waals surface area contributed by atoms with Gasteiger partial charge in [0.2, 0.25) is 0 Å². The molecule has 0 spiro atoms. The predicted molar refractivity (Wildman–Crippen MR) is 133 cm³/mol. The molecule has 29 heavy (non-hydrogen) atoms. The number of benzene rings is 1. The van der Waals surface area contributed by atoms with Crippen LogP contribution in [-0.4, -0.2) is 105 Å². The molecule has 0 atom stereocenters. The summed E-state index contributed by atoms with van der Waals surface area (Å²) in [6.07, 6.45) is 2.47. The molecule has 2 saturated heterocycles. The van der Waals surface area contributed by atoms with Crippen LogP contribution >= 0.6 is 24.0 Å². The van der Waals surface area contributed by atoms with E-state index in [1.165, 1.54) is 51.1 Å². The third-order valence-electron chi connectivity index (χ3n) is 5.91. The van der Waals surface area contributed by atoms with Crippen LogP contribution in [0.5, 0.6) is 0 Å². The van der Waals surface area contributed by atoms with Crippen LogP contribution < -0.4 is 5.32 Å². The summed E-state index contributed by atoms with van der Waals surface area (Å²) in [7, 11) is 4.12. The van der Waals surface area contributed by atoms with Crippen molar-refractivity contribution in [1.29, 1.82) is 0 Å². The second-order valence-electron chi connectivity index (χ2n) is 8.07. The molecule has 7 heteroatoms. The van der Waals surface area contributed by atoms with E-state index in [9.17, 15) is 0 Å². The van der Waals surface area contributed by atoms with E-state index in [1.807, 2.05) is 7.05 Å². The van der Waals surface area contributed by atoms with Crippen LogP contribution in [-0.2, 0) is 6.54 Å². The van der Waals surface area contributed by atoms with E-state index in [0.717, 1.165) is 45.2 Å². The summed E-state index contributed by atoms with van der Waals surface area (Å²) in [5.74, 6) is 1.07. The molecule has 0 unspecified atom stereocenters. The number of guanidine groups is 1. The average Bonchev–Trinajstić information content (AvgIpc) is 2.74. The first-order valence-corrected chi connectivity index (χ1v) is 10.9. The smallest absolute Gasteiger partial charge is 0.193 e. The Labute approximate surface area is 194 Å². The minimum Gasteiger partial charge on any atom is -0.356 e. The number of rotatable bonds is 7. The molecule has 3 rings (SSSR count). The van der Waals surface area contributed by atoms with E-state index in [1.54, 1.807) is 0 Å². The highest BCUT2D eigenvalue weighted by atomic mass is 127. The molecule has 164 valence electrons. The van der Waals surface area contributed by atoms with E-state index >= 15 is 0 Å². The van der Waals surface area contributed by atoms with Crippen LogP contribution in [0.25, 0.3) is 0 Å². The van der Waals surface area contributed by atoms with Crippen LogP contribution in [0.3, 0.4) is 0 Å². The summed E-state index contributed by atoms with van der Waals surface area (Å²) in [5, 5.41) is 3.58. The van der Waals surface area contributed by atoms with Gasteiger partial charge in [-0.2, -0.15) is 0 Å². The lowest BCUT2D eigenvalue weighted by Gasteiger charge is -2.36. The molecular weight excluding hydrogens is 475 g/mol. The van der Waals surface area contributed by atoms with Gasteiger partial charge in [0.05, 0.1) is 0 Å². The summed E-state index contributed by atoms with van der Waals surface area (Å²) in [6, 6.07) is 10.8. The minimum absolute atomic E-state index is 0. The van der Waals surface area contributed by atoms with Gasteiger partial charge in [0.15, 0.2) is 5.96 Å². The van der Waals surface area contributed by atoms with Gasteiger partial charge in [-0.3, -0.25) is 9.89 Å². The van der Waals surface area contributed by atoms with E-state index in [2.05, 4.69) is 67.3 Å². The van der Waals surface area contributed by atoms with Crippen molar-refractivity contribution in [2.24, 2.45) is 4.99 Å². The van der Waals surface area contributed by atoms with Crippen molar-refractivity contribution < 1.29 is 0 Å². The van der Waals surface area contributed by atoms with Gasteiger partial charge in [-0.15, -0.1) is 24.0 Å². The van der Waals surface area contributed by atoms with Gasteiger partial charge in [0.1, 0.15) is 0 Å². The summed E-state index contributed by atoms with van der Waals surface area (Å²) in [5.41, 5.74) is 1.40. The molecule has 1 aromatic rings. The number of nitrogens with zero attached hydrogens (tertiary/aromatic N) is 5. The standard InChI is InChI=1S/C22H38N6.HI/c1-23-22(24-10-6-7-11-26-14-12-25(2)13-15-26)28-18-16-27(17-19-28)20-21-8-4-3-5-9-21;/h3-5,8-9H,6-7,10-20H2,1-2H3,(H,23,24);1H. The van der Waals surface area contributed by atoms with E-state index < -0.39 is 0 Å². The van der Waals surface area contributed by atoms with Crippen molar-refractivity contribution in [2.75, 3.05) is 79.5 Å². The Kier molecular flexibility index (Phi) is 11.3. The molecule has 2 fully saturated rings. The van der Waals surface area contributed by atoms with Crippen LogP contribution in [0, 0.1) is 0 Å². The molecule has 0 aliphatic carbocycles. The fourth-order valence-electron chi connectivity index (χ4n) is 4.02. The molecule has 0 aromatic heterocycles. The number of likely N-dealkylation sites (N-methyl/N-ethyl adjacent to an activating group) is 1.